The van der Waals surface area contributed by atoms with Gasteiger partial charge in [0.05, 0.1) is 11.8 Å². The van der Waals surface area contributed by atoms with Crippen LogP contribution in [0.3, 0.4) is 0 Å². The number of aliphatic carboxylic acids is 1. The molecule has 4 atom stereocenters. The Morgan fingerprint density at radius 3 is 2.21 bits per heavy atom. The van der Waals surface area contributed by atoms with Crippen molar-refractivity contribution in [3.05, 3.63) is 40.5 Å². The lowest BCUT2D eigenvalue weighted by molar-refractivity contribution is -0.148. The Morgan fingerprint density at radius 2 is 1.67 bits per heavy atom. The fourth-order valence-electron chi connectivity index (χ4n) is 4.65. The summed E-state index contributed by atoms with van der Waals surface area (Å²) >= 11 is 0. The van der Waals surface area contributed by atoms with Crippen LogP contribution in [-0.4, -0.2) is 17.0 Å². The highest BCUT2D eigenvalue weighted by atomic mass is 16.4. The average molecular weight is 327 g/mol. The Balaban J connectivity index is 1.89. The van der Waals surface area contributed by atoms with Crippen LogP contribution in [0.2, 0.25) is 0 Å². The quantitative estimate of drug-likeness (QED) is 0.827. The molecule has 128 valence electrons. The summed E-state index contributed by atoms with van der Waals surface area (Å²) in [6, 6.07) is 5.80. The fraction of sp³-hybridized carbons (Fsp3) is 0.500. The number of fused-ring (bicyclic) bond motifs is 2. The zero-order valence-corrected chi connectivity index (χ0v) is 14.7. The van der Waals surface area contributed by atoms with Gasteiger partial charge in [-0.2, -0.15) is 0 Å². The number of hydrogen-bond acceptors (Lipinski definition) is 2. The molecule has 3 rings (SSSR count). The van der Waals surface area contributed by atoms with E-state index in [9.17, 15) is 14.7 Å². The van der Waals surface area contributed by atoms with Gasteiger partial charge in [0.2, 0.25) is 5.91 Å². The number of anilines is 1. The molecule has 0 radical (unpaired) electrons. The van der Waals surface area contributed by atoms with Crippen LogP contribution in [0.4, 0.5) is 5.69 Å². The van der Waals surface area contributed by atoms with Crippen molar-refractivity contribution in [2.75, 3.05) is 5.32 Å². The molecule has 0 heterocycles. The summed E-state index contributed by atoms with van der Waals surface area (Å²) in [5.74, 6) is -1.97. The lowest BCUT2D eigenvalue weighted by Gasteiger charge is -2.26. The van der Waals surface area contributed by atoms with E-state index in [4.69, 9.17) is 0 Å². The van der Waals surface area contributed by atoms with Crippen LogP contribution >= 0.6 is 0 Å². The summed E-state index contributed by atoms with van der Waals surface area (Å²) in [5.41, 5.74) is 5.41. The normalized spacial score (nSPS) is 28.1. The second-order valence-corrected chi connectivity index (χ2v) is 7.42. The third-order valence-electron chi connectivity index (χ3n) is 5.78. The molecule has 0 spiro atoms. The number of rotatable bonds is 3. The van der Waals surface area contributed by atoms with Crippen LogP contribution in [-0.2, 0) is 9.59 Å². The third-order valence-corrected chi connectivity index (χ3v) is 5.78. The summed E-state index contributed by atoms with van der Waals surface area (Å²) in [6.07, 6.45) is 1.80. The van der Waals surface area contributed by atoms with Crippen molar-refractivity contribution in [3.63, 3.8) is 0 Å². The Bertz CT molecular complexity index is 730. The predicted molar refractivity (Wildman–Crippen MR) is 93.7 cm³/mol. The van der Waals surface area contributed by atoms with Gasteiger partial charge < -0.3 is 10.4 Å². The number of carboxylic acid groups (broad SMARTS) is 1. The van der Waals surface area contributed by atoms with Gasteiger partial charge in [0.15, 0.2) is 0 Å². The molecule has 0 saturated heterocycles. The lowest BCUT2D eigenvalue weighted by atomic mass is 9.78. The van der Waals surface area contributed by atoms with Gasteiger partial charge in [0.1, 0.15) is 0 Å². The maximum Gasteiger partial charge on any atom is 0.307 e. The monoisotopic (exact) mass is 327 g/mol. The number of carbonyl (C=O) groups excluding carboxylic acids is 1. The van der Waals surface area contributed by atoms with E-state index in [1.165, 1.54) is 16.7 Å². The van der Waals surface area contributed by atoms with Gasteiger partial charge in [-0.25, -0.2) is 0 Å². The van der Waals surface area contributed by atoms with Crippen molar-refractivity contribution in [1.82, 2.24) is 0 Å². The second kappa shape index (κ2) is 6.08. The predicted octanol–water partition coefficient (Wildman–Crippen LogP) is 3.94. The zero-order valence-electron chi connectivity index (χ0n) is 14.7. The van der Waals surface area contributed by atoms with Crippen molar-refractivity contribution in [2.45, 2.75) is 40.5 Å². The summed E-state index contributed by atoms with van der Waals surface area (Å²) in [7, 11) is 0. The molecule has 4 nitrogen and oxygen atoms in total. The standard InChI is InChI=1S/C20H25NO3/c1-10(2)16-14-7-8-15(16)18(20(23)24)17(14)19(22)21-13-6-5-11(3)12(4)9-13/h5-6,9,14-15,17-18H,7-8H2,1-4H3,(H,21,22)(H,23,24). The number of aryl methyl sites for hydroxylation is 2. The molecule has 1 aromatic rings. The van der Waals surface area contributed by atoms with E-state index in [1.807, 2.05) is 45.9 Å². The number of benzene rings is 1. The van der Waals surface area contributed by atoms with Gasteiger partial charge in [0, 0.05) is 5.69 Å². The lowest BCUT2D eigenvalue weighted by Crippen LogP contribution is -2.37. The zero-order chi connectivity index (χ0) is 17.6. The molecule has 2 aliphatic carbocycles. The van der Waals surface area contributed by atoms with E-state index in [0.717, 1.165) is 24.1 Å². The maximum atomic E-state index is 12.9. The van der Waals surface area contributed by atoms with Gasteiger partial charge >= 0.3 is 5.97 Å². The maximum absolute atomic E-state index is 12.9. The SMILES string of the molecule is CC(C)=C1C2CCC1C(C(=O)Nc1ccc(C)c(C)c1)C2C(=O)O. The third kappa shape index (κ3) is 2.64. The van der Waals surface area contributed by atoms with Crippen LogP contribution in [0.1, 0.15) is 37.8 Å². The first-order valence-electron chi connectivity index (χ1n) is 8.59. The van der Waals surface area contributed by atoms with Crippen molar-refractivity contribution >= 4 is 17.6 Å². The number of carbonyl (C=O) groups is 2. The van der Waals surface area contributed by atoms with E-state index < -0.39 is 17.8 Å². The molecular formula is C20H25NO3. The molecule has 0 aliphatic heterocycles. The minimum absolute atomic E-state index is 0.0213. The molecule has 2 N–H and O–H groups in total. The number of hydrogen-bond donors (Lipinski definition) is 2. The molecule has 4 heteroatoms. The number of amides is 1. The van der Waals surface area contributed by atoms with Crippen LogP contribution in [0.15, 0.2) is 29.3 Å². The summed E-state index contributed by atoms with van der Waals surface area (Å²) in [5, 5.41) is 12.7. The first-order valence-corrected chi connectivity index (χ1v) is 8.59. The average Bonchev–Trinajstić information content (AvgIpc) is 3.06. The molecule has 1 amide bonds. The van der Waals surface area contributed by atoms with Crippen LogP contribution in [0.25, 0.3) is 0 Å². The van der Waals surface area contributed by atoms with Crippen molar-refractivity contribution in [3.8, 4) is 0 Å². The van der Waals surface area contributed by atoms with Crippen LogP contribution in [0, 0.1) is 37.5 Å². The highest BCUT2D eigenvalue weighted by Gasteiger charge is 2.57. The van der Waals surface area contributed by atoms with Crippen molar-refractivity contribution in [2.24, 2.45) is 23.7 Å². The Hall–Kier alpha value is -2.10. The first kappa shape index (κ1) is 16.7. The summed E-state index contributed by atoms with van der Waals surface area (Å²) < 4.78 is 0. The van der Waals surface area contributed by atoms with Gasteiger partial charge in [-0.05, 0) is 75.6 Å². The molecule has 0 aromatic heterocycles. The molecule has 24 heavy (non-hydrogen) atoms. The van der Waals surface area contributed by atoms with Gasteiger partial charge in [-0.1, -0.05) is 17.2 Å². The van der Waals surface area contributed by atoms with E-state index in [-0.39, 0.29) is 17.7 Å². The van der Waals surface area contributed by atoms with Gasteiger partial charge in [-0.3, -0.25) is 9.59 Å². The minimum atomic E-state index is -0.846. The smallest absolute Gasteiger partial charge is 0.307 e. The highest BCUT2D eigenvalue weighted by Crippen LogP contribution is 2.57. The van der Waals surface area contributed by atoms with Gasteiger partial charge in [-0.15, -0.1) is 0 Å². The number of allylic oxidation sites excluding steroid dienone is 2. The van der Waals surface area contributed by atoms with Crippen molar-refractivity contribution in [1.29, 1.82) is 0 Å². The highest BCUT2D eigenvalue weighted by molar-refractivity contribution is 5.96. The summed E-state index contributed by atoms with van der Waals surface area (Å²) in [4.78, 5) is 24.7. The Morgan fingerprint density at radius 1 is 1.04 bits per heavy atom. The molecule has 1 aromatic carbocycles. The molecule has 4 unspecified atom stereocenters. The van der Waals surface area contributed by atoms with E-state index in [1.54, 1.807) is 0 Å². The topological polar surface area (TPSA) is 66.4 Å². The Kier molecular flexibility index (Phi) is 4.24. The van der Waals surface area contributed by atoms with Gasteiger partial charge in [0.25, 0.3) is 0 Å². The summed E-state index contributed by atoms with van der Waals surface area (Å²) in [6.45, 7) is 8.09. The van der Waals surface area contributed by atoms with E-state index in [0.29, 0.717) is 0 Å². The molecule has 2 saturated carbocycles. The number of carboxylic acids is 1. The fourth-order valence-corrected chi connectivity index (χ4v) is 4.65. The molecule has 2 aliphatic rings. The second-order valence-electron chi connectivity index (χ2n) is 7.42. The van der Waals surface area contributed by atoms with E-state index in [2.05, 4.69) is 5.32 Å². The number of nitrogens with one attached hydrogen (secondary N) is 1. The van der Waals surface area contributed by atoms with Crippen molar-refractivity contribution < 1.29 is 14.7 Å². The van der Waals surface area contributed by atoms with Crippen LogP contribution < -0.4 is 5.32 Å². The van der Waals surface area contributed by atoms with E-state index >= 15 is 0 Å². The largest absolute Gasteiger partial charge is 0.481 e. The molecule has 2 fully saturated rings. The molecular weight excluding hydrogens is 302 g/mol. The van der Waals surface area contributed by atoms with Crippen LogP contribution in [0.5, 0.6) is 0 Å². The Labute approximate surface area is 143 Å². The molecule has 2 bridgehead atoms. The minimum Gasteiger partial charge on any atom is -0.481 e. The first-order chi connectivity index (χ1) is 11.3.